The van der Waals surface area contributed by atoms with E-state index in [9.17, 15) is 0 Å². The third-order valence-electron chi connectivity index (χ3n) is 3.40. The first kappa shape index (κ1) is 14.3. The molecule has 0 radical (unpaired) electrons. The van der Waals surface area contributed by atoms with Gasteiger partial charge in [-0.15, -0.1) is 0 Å². The first-order valence-corrected chi connectivity index (χ1v) is 7.00. The summed E-state index contributed by atoms with van der Waals surface area (Å²) in [4.78, 5) is 4.34. The van der Waals surface area contributed by atoms with E-state index in [1.807, 2.05) is 26.2 Å². The minimum Gasteiger partial charge on any atom is -0.490 e. The van der Waals surface area contributed by atoms with Crippen molar-refractivity contribution in [1.82, 2.24) is 10.3 Å². The van der Waals surface area contributed by atoms with Crippen molar-refractivity contribution in [3.8, 4) is 5.75 Å². The predicted molar refractivity (Wildman–Crippen MR) is 75.4 cm³/mol. The average molecular weight is 264 g/mol. The van der Waals surface area contributed by atoms with Crippen molar-refractivity contribution in [3.05, 3.63) is 23.5 Å². The Bertz CT molecular complexity index is 413. The largest absolute Gasteiger partial charge is 0.490 e. The molecule has 0 spiro atoms. The van der Waals surface area contributed by atoms with Crippen LogP contribution < -0.4 is 10.1 Å². The molecule has 1 aromatic heterocycles. The molecule has 19 heavy (non-hydrogen) atoms. The van der Waals surface area contributed by atoms with Crippen LogP contribution in [-0.2, 0) is 11.3 Å². The molecule has 0 aromatic carbocycles. The van der Waals surface area contributed by atoms with Crippen LogP contribution in [-0.4, -0.2) is 30.3 Å². The van der Waals surface area contributed by atoms with Crippen LogP contribution >= 0.6 is 0 Å². The molecule has 2 heterocycles. The van der Waals surface area contributed by atoms with Crippen LogP contribution in [0.5, 0.6) is 5.75 Å². The standard InChI is InChI=1S/C15H24N2O2/c1-10-5-15(13(8-16-4)9-17-10)19-14-6-11(2)18-12(3)7-14/h5,9,11-12,14,16H,6-8H2,1-4H3. The minimum atomic E-state index is 0.233. The maximum absolute atomic E-state index is 6.20. The Morgan fingerprint density at radius 3 is 2.68 bits per heavy atom. The van der Waals surface area contributed by atoms with Crippen molar-refractivity contribution in [3.63, 3.8) is 0 Å². The maximum atomic E-state index is 6.20. The topological polar surface area (TPSA) is 43.4 Å². The van der Waals surface area contributed by atoms with Crippen molar-refractivity contribution in [1.29, 1.82) is 0 Å². The molecule has 0 bridgehead atoms. The molecule has 1 saturated heterocycles. The maximum Gasteiger partial charge on any atom is 0.127 e. The number of nitrogens with zero attached hydrogens (tertiary/aromatic N) is 1. The molecule has 1 aliphatic heterocycles. The summed E-state index contributed by atoms with van der Waals surface area (Å²) in [6, 6.07) is 2.03. The fourth-order valence-electron chi connectivity index (χ4n) is 2.62. The van der Waals surface area contributed by atoms with Crippen LogP contribution in [0, 0.1) is 6.92 Å². The van der Waals surface area contributed by atoms with E-state index in [-0.39, 0.29) is 18.3 Å². The lowest BCUT2D eigenvalue weighted by Gasteiger charge is -2.32. The third-order valence-corrected chi connectivity index (χ3v) is 3.40. The molecule has 106 valence electrons. The lowest BCUT2D eigenvalue weighted by atomic mass is 10.0. The van der Waals surface area contributed by atoms with E-state index in [4.69, 9.17) is 9.47 Å². The predicted octanol–water partition coefficient (Wildman–Crippen LogP) is 2.44. The summed E-state index contributed by atoms with van der Waals surface area (Å²) in [5.41, 5.74) is 2.10. The average Bonchev–Trinajstić information content (AvgIpc) is 2.31. The second-order valence-electron chi connectivity index (χ2n) is 5.43. The van der Waals surface area contributed by atoms with Gasteiger partial charge in [-0.05, 0) is 27.8 Å². The first-order chi connectivity index (χ1) is 9.08. The molecule has 1 aromatic rings. The van der Waals surface area contributed by atoms with Gasteiger partial charge in [-0.2, -0.15) is 0 Å². The summed E-state index contributed by atoms with van der Waals surface area (Å²) in [7, 11) is 1.93. The van der Waals surface area contributed by atoms with E-state index in [2.05, 4.69) is 24.1 Å². The van der Waals surface area contributed by atoms with Crippen molar-refractivity contribution in [2.24, 2.45) is 0 Å². The summed E-state index contributed by atoms with van der Waals surface area (Å²) in [5, 5.41) is 3.15. The van der Waals surface area contributed by atoms with Crippen molar-refractivity contribution in [2.45, 2.75) is 58.5 Å². The van der Waals surface area contributed by atoms with Crippen LogP contribution in [0.3, 0.4) is 0 Å². The van der Waals surface area contributed by atoms with Gasteiger partial charge in [0, 0.05) is 42.9 Å². The highest BCUT2D eigenvalue weighted by atomic mass is 16.5. The second-order valence-corrected chi connectivity index (χ2v) is 5.43. The highest BCUT2D eigenvalue weighted by Gasteiger charge is 2.26. The smallest absolute Gasteiger partial charge is 0.127 e. The third kappa shape index (κ3) is 3.91. The van der Waals surface area contributed by atoms with Gasteiger partial charge >= 0.3 is 0 Å². The number of rotatable bonds is 4. The summed E-state index contributed by atoms with van der Waals surface area (Å²) in [6.45, 7) is 6.98. The van der Waals surface area contributed by atoms with Gasteiger partial charge in [0.15, 0.2) is 0 Å². The zero-order valence-electron chi connectivity index (χ0n) is 12.3. The van der Waals surface area contributed by atoms with Crippen molar-refractivity contribution in [2.75, 3.05) is 7.05 Å². The van der Waals surface area contributed by atoms with Crippen LogP contribution in [0.25, 0.3) is 0 Å². The highest BCUT2D eigenvalue weighted by molar-refractivity contribution is 5.33. The lowest BCUT2D eigenvalue weighted by molar-refractivity contribution is -0.0723. The molecule has 4 nitrogen and oxygen atoms in total. The normalized spacial score (nSPS) is 27.3. The number of pyridine rings is 1. The lowest BCUT2D eigenvalue weighted by Crippen LogP contribution is -2.36. The van der Waals surface area contributed by atoms with E-state index in [1.165, 1.54) is 0 Å². The van der Waals surface area contributed by atoms with E-state index < -0.39 is 0 Å². The van der Waals surface area contributed by atoms with Crippen LogP contribution in [0.4, 0.5) is 0 Å². The minimum absolute atomic E-state index is 0.233. The Balaban J connectivity index is 2.10. The van der Waals surface area contributed by atoms with Crippen LogP contribution in [0.15, 0.2) is 12.3 Å². The molecular weight excluding hydrogens is 240 g/mol. The molecule has 0 aliphatic carbocycles. The first-order valence-electron chi connectivity index (χ1n) is 7.00. The van der Waals surface area contributed by atoms with E-state index >= 15 is 0 Å². The molecule has 2 atom stereocenters. The fraction of sp³-hybridized carbons (Fsp3) is 0.667. The molecule has 2 unspecified atom stereocenters. The van der Waals surface area contributed by atoms with E-state index in [0.717, 1.165) is 36.4 Å². The fourth-order valence-corrected chi connectivity index (χ4v) is 2.62. The summed E-state index contributed by atoms with van der Waals surface area (Å²) in [5.74, 6) is 0.952. The molecule has 1 N–H and O–H groups in total. The number of ether oxygens (including phenoxy) is 2. The van der Waals surface area contributed by atoms with Gasteiger partial charge < -0.3 is 14.8 Å². The van der Waals surface area contributed by atoms with Crippen LogP contribution in [0.1, 0.15) is 37.9 Å². The quantitative estimate of drug-likeness (QED) is 0.907. The van der Waals surface area contributed by atoms with Gasteiger partial charge in [0.1, 0.15) is 11.9 Å². The molecule has 4 heteroatoms. The summed E-state index contributed by atoms with van der Waals surface area (Å²) < 4.78 is 12.0. The Hall–Kier alpha value is -1.13. The van der Waals surface area contributed by atoms with Crippen molar-refractivity contribution < 1.29 is 9.47 Å². The van der Waals surface area contributed by atoms with E-state index in [0.29, 0.717) is 0 Å². The Kier molecular flexibility index (Phi) is 4.77. The number of hydrogen-bond acceptors (Lipinski definition) is 4. The number of nitrogens with one attached hydrogen (secondary N) is 1. The van der Waals surface area contributed by atoms with Crippen LogP contribution in [0.2, 0.25) is 0 Å². The van der Waals surface area contributed by atoms with Gasteiger partial charge in [-0.1, -0.05) is 0 Å². The monoisotopic (exact) mass is 264 g/mol. The molecule has 1 aliphatic rings. The number of hydrogen-bond donors (Lipinski definition) is 1. The molecule has 2 rings (SSSR count). The molecule has 0 saturated carbocycles. The van der Waals surface area contributed by atoms with Gasteiger partial charge in [0.25, 0.3) is 0 Å². The van der Waals surface area contributed by atoms with Crippen molar-refractivity contribution >= 4 is 0 Å². The number of aromatic nitrogens is 1. The molecule has 0 amide bonds. The molecular formula is C15H24N2O2. The molecule has 1 fully saturated rings. The van der Waals surface area contributed by atoms with Gasteiger partial charge in [-0.25, -0.2) is 0 Å². The van der Waals surface area contributed by atoms with E-state index in [1.54, 1.807) is 0 Å². The Morgan fingerprint density at radius 1 is 1.37 bits per heavy atom. The SMILES string of the molecule is CNCc1cnc(C)cc1OC1CC(C)OC(C)C1. The Morgan fingerprint density at radius 2 is 2.05 bits per heavy atom. The van der Waals surface area contributed by atoms with Gasteiger partial charge in [-0.3, -0.25) is 4.98 Å². The Labute approximate surface area is 115 Å². The van der Waals surface area contributed by atoms with Gasteiger partial charge in [0.05, 0.1) is 12.2 Å². The summed E-state index contributed by atoms with van der Waals surface area (Å²) in [6.07, 6.45) is 4.56. The second kappa shape index (κ2) is 6.35. The zero-order chi connectivity index (χ0) is 13.8. The summed E-state index contributed by atoms with van der Waals surface area (Å²) >= 11 is 0. The number of aryl methyl sites for hydroxylation is 1. The van der Waals surface area contributed by atoms with Gasteiger partial charge in [0.2, 0.25) is 0 Å². The highest BCUT2D eigenvalue weighted by Crippen LogP contribution is 2.26. The zero-order valence-corrected chi connectivity index (χ0v) is 12.3.